The van der Waals surface area contributed by atoms with Crippen molar-refractivity contribution in [2.24, 2.45) is 5.92 Å². The van der Waals surface area contributed by atoms with Gasteiger partial charge in [-0.2, -0.15) is 0 Å². The van der Waals surface area contributed by atoms with Gasteiger partial charge in [-0.05, 0) is 18.4 Å². The van der Waals surface area contributed by atoms with Gasteiger partial charge in [-0.25, -0.2) is 17.9 Å². The van der Waals surface area contributed by atoms with E-state index in [0.717, 1.165) is 17.8 Å². The normalized spacial score (nSPS) is 16.0. The summed E-state index contributed by atoms with van der Waals surface area (Å²) in [5.74, 6) is -0.441. The maximum Gasteiger partial charge on any atom is 0.345 e. The summed E-state index contributed by atoms with van der Waals surface area (Å²) >= 11 is 0.918. The molecule has 1 aliphatic carbocycles. The minimum absolute atomic E-state index is 0.0348. The van der Waals surface area contributed by atoms with E-state index < -0.39 is 16.0 Å². The largest absolute Gasteiger partial charge is 0.477 e. The van der Waals surface area contributed by atoms with E-state index >= 15 is 0 Å². The molecule has 7 heteroatoms. The number of rotatable bonds is 6. The van der Waals surface area contributed by atoms with E-state index in [1.165, 1.54) is 24.3 Å². The molecular weight excluding hydrogens is 262 g/mol. The Bertz CT molecular complexity index is 516. The highest BCUT2D eigenvalue weighted by atomic mass is 32.2. The summed E-state index contributed by atoms with van der Waals surface area (Å²) < 4.78 is 26.0. The van der Waals surface area contributed by atoms with Gasteiger partial charge in [0, 0.05) is 11.9 Å². The van der Waals surface area contributed by atoms with Crippen LogP contribution < -0.4 is 4.72 Å². The van der Waals surface area contributed by atoms with Crippen LogP contribution in [0.2, 0.25) is 0 Å². The minimum Gasteiger partial charge on any atom is -0.477 e. The zero-order valence-corrected chi connectivity index (χ0v) is 10.7. The Balaban J connectivity index is 1.99. The molecular formula is C10H13NO4S2. The number of nitrogens with one attached hydrogen (secondary N) is 1. The van der Waals surface area contributed by atoms with Crippen LogP contribution in [0, 0.1) is 5.92 Å². The van der Waals surface area contributed by atoms with E-state index in [1.54, 1.807) is 0 Å². The van der Waals surface area contributed by atoms with E-state index in [0.29, 0.717) is 12.5 Å². The first-order valence-corrected chi connectivity index (χ1v) is 7.67. The van der Waals surface area contributed by atoms with Gasteiger partial charge in [0.25, 0.3) is 0 Å². The van der Waals surface area contributed by atoms with Gasteiger partial charge < -0.3 is 5.11 Å². The molecule has 0 amide bonds. The molecule has 0 aliphatic heterocycles. The van der Waals surface area contributed by atoms with Crippen molar-refractivity contribution in [2.45, 2.75) is 24.2 Å². The van der Waals surface area contributed by atoms with Gasteiger partial charge >= 0.3 is 5.97 Å². The summed E-state index contributed by atoms with van der Waals surface area (Å²) in [5, 5.41) is 10.1. The van der Waals surface area contributed by atoms with Crippen molar-refractivity contribution in [3.63, 3.8) is 0 Å². The zero-order chi connectivity index (χ0) is 12.5. The van der Waals surface area contributed by atoms with Crippen molar-refractivity contribution in [3.05, 3.63) is 16.3 Å². The van der Waals surface area contributed by atoms with Crippen LogP contribution >= 0.6 is 11.3 Å². The average Bonchev–Trinajstić information content (AvgIpc) is 2.92. The second-order valence-electron chi connectivity index (χ2n) is 4.08. The van der Waals surface area contributed by atoms with Crippen molar-refractivity contribution >= 4 is 27.3 Å². The first kappa shape index (κ1) is 12.5. The van der Waals surface area contributed by atoms with Gasteiger partial charge in [0.15, 0.2) is 0 Å². The maximum absolute atomic E-state index is 11.8. The molecule has 2 rings (SSSR count). The second-order valence-corrected chi connectivity index (χ2v) is 6.76. The van der Waals surface area contributed by atoms with Crippen molar-refractivity contribution < 1.29 is 18.3 Å². The fourth-order valence-electron chi connectivity index (χ4n) is 1.46. The Kier molecular flexibility index (Phi) is 3.50. The lowest BCUT2D eigenvalue weighted by Gasteiger charge is -2.03. The Labute approximate surface area is 104 Å². The third-order valence-corrected chi connectivity index (χ3v) is 5.15. The van der Waals surface area contributed by atoms with Gasteiger partial charge in [-0.1, -0.05) is 12.8 Å². The number of aromatic carboxylic acids is 1. The molecule has 0 spiro atoms. The predicted octanol–water partition coefficient (Wildman–Crippen LogP) is 1.52. The van der Waals surface area contributed by atoms with Crippen LogP contribution in [-0.4, -0.2) is 26.0 Å². The third kappa shape index (κ3) is 3.27. The number of carboxylic acids is 1. The lowest BCUT2D eigenvalue weighted by atomic mass is 10.3. The van der Waals surface area contributed by atoms with Crippen LogP contribution in [0.25, 0.3) is 0 Å². The summed E-state index contributed by atoms with van der Waals surface area (Å²) in [4.78, 5) is 10.7. The number of hydrogen-bond donors (Lipinski definition) is 2. The van der Waals surface area contributed by atoms with Crippen LogP contribution in [0.3, 0.4) is 0 Å². The van der Waals surface area contributed by atoms with Gasteiger partial charge in [0.05, 0.1) is 4.90 Å². The van der Waals surface area contributed by atoms with Crippen LogP contribution in [0.5, 0.6) is 0 Å². The van der Waals surface area contributed by atoms with Crippen LogP contribution in [0.4, 0.5) is 0 Å². The van der Waals surface area contributed by atoms with Crippen molar-refractivity contribution in [2.75, 3.05) is 6.54 Å². The molecule has 0 atom stereocenters. The summed E-state index contributed by atoms with van der Waals surface area (Å²) in [6.07, 6.45) is 3.22. The molecule has 17 heavy (non-hydrogen) atoms. The summed E-state index contributed by atoms with van der Waals surface area (Å²) in [7, 11) is -3.54. The minimum atomic E-state index is -3.54. The van der Waals surface area contributed by atoms with Crippen LogP contribution in [-0.2, 0) is 10.0 Å². The molecule has 1 aromatic heterocycles. The fourth-order valence-corrected chi connectivity index (χ4v) is 3.62. The van der Waals surface area contributed by atoms with E-state index in [1.807, 2.05) is 0 Å². The number of thiophene rings is 1. The topological polar surface area (TPSA) is 83.5 Å². The number of sulfonamides is 1. The number of carbonyl (C=O) groups is 1. The lowest BCUT2D eigenvalue weighted by molar-refractivity contribution is 0.0702. The van der Waals surface area contributed by atoms with Gasteiger partial charge in [0.2, 0.25) is 10.0 Å². The van der Waals surface area contributed by atoms with E-state index in [2.05, 4.69) is 4.72 Å². The fraction of sp³-hybridized carbons (Fsp3) is 0.500. The molecule has 2 N–H and O–H groups in total. The van der Waals surface area contributed by atoms with Crippen molar-refractivity contribution in [1.29, 1.82) is 0 Å². The van der Waals surface area contributed by atoms with Crippen molar-refractivity contribution in [3.8, 4) is 0 Å². The smallest absolute Gasteiger partial charge is 0.345 e. The molecule has 5 nitrogen and oxygen atoms in total. The van der Waals surface area contributed by atoms with E-state index in [4.69, 9.17) is 5.11 Å². The molecule has 0 bridgehead atoms. The van der Waals surface area contributed by atoms with Gasteiger partial charge in [-0.3, -0.25) is 0 Å². The SMILES string of the molecule is O=C(O)c1cc(S(=O)(=O)NCCC2CC2)cs1. The molecule has 0 radical (unpaired) electrons. The van der Waals surface area contributed by atoms with Crippen LogP contribution in [0.15, 0.2) is 16.3 Å². The summed E-state index contributed by atoms with van der Waals surface area (Å²) in [6.45, 7) is 0.422. The molecule has 1 aliphatic rings. The highest BCUT2D eigenvalue weighted by Crippen LogP contribution is 2.31. The summed E-state index contributed by atoms with van der Waals surface area (Å²) in [5.41, 5.74) is 0. The Hall–Kier alpha value is -0.920. The first-order chi connectivity index (χ1) is 7.99. The lowest BCUT2D eigenvalue weighted by Crippen LogP contribution is -2.24. The third-order valence-electron chi connectivity index (χ3n) is 2.64. The Morgan fingerprint density at radius 2 is 2.24 bits per heavy atom. The van der Waals surface area contributed by atoms with Gasteiger partial charge in [0.1, 0.15) is 4.88 Å². The maximum atomic E-state index is 11.8. The van der Waals surface area contributed by atoms with Crippen molar-refractivity contribution in [1.82, 2.24) is 4.72 Å². The quantitative estimate of drug-likeness (QED) is 0.824. The Morgan fingerprint density at radius 3 is 2.76 bits per heavy atom. The zero-order valence-electron chi connectivity index (χ0n) is 9.05. The highest BCUT2D eigenvalue weighted by molar-refractivity contribution is 7.89. The second kappa shape index (κ2) is 4.75. The van der Waals surface area contributed by atoms with Crippen LogP contribution in [0.1, 0.15) is 28.9 Å². The van der Waals surface area contributed by atoms with E-state index in [9.17, 15) is 13.2 Å². The molecule has 94 valence electrons. The molecule has 0 unspecified atom stereocenters. The average molecular weight is 275 g/mol. The highest BCUT2D eigenvalue weighted by Gasteiger charge is 2.23. The first-order valence-electron chi connectivity index (χ1n) is 5.30. The molecule has 1 saturated carbocycles. The summed E-state index contributed by atoms with van der Waals surface area (Å²) in [6, 6.07) is 1.19. The molecule has 0 aromatic carbocycles. The number of carboxylic acid groups (broad SMARTS) is 1. The van der Waals surface area contributed by atoms with Gasteiger partial charge in [-0.15, -0.1) is 11.3 Å². The molecule has 1 fully saturated rings. The molecule has 1 aromatic rings. The molecule has 1 heterocycles. The standard InChI is InChI=1S/C10H13NO4S2/c12-10(13)9-5-8(6-16-9)17(14,15)11-4-3-7-1-2-7/h5-7,11H,1-4H2,(H,12,13). The van der Waals surface area contributed by atoms with E-state index in [-0.39, 0.29) is 9.77 Å². The molecule has 0 saturated heterocycles. The Morgan fingerprint density at radius 1 is 1.53 bits per heavy atom. The monoisotopic (exact) mass is 275 g/mol. The predicted molar refractivity (Wildman–Crippen MR) is 63.8 cm³/mol. The number of hydrogen-bond acceptors (Lipinski definition) is 4.